The van der Waals surface area contributed by atoms with Crippen molar-refractivity contribution in [3.8, 4) is 11.5 Å². The minimum atomic E-state index is -3.92. The van der Waals surface area contributed by atoms with E-state index in [1.165, 1.54) is 22.8 Å². The second-order valence-corrected chi connectivity index (χ2v) is 8.99. The number of thiazole rings is 1. The molecule has 1 heterocycles. The van der Waals surface area contributed by atoms with E-state index < -0.39 is 21.9 Å². The van der Waals surface area contributed by atoms with Crippen LogP contribution >= 0.6 is 11.3 Å². The predicted molar refractivity (Wildman–Crippen MR) is 117 cm³/mol. The van der Waals surface area contributed by atoms with Gasteiger partial charge in [-0.25, -0.2) is 13.6 Å². The zero-order chi connectivity index (χ0) is 23.3. The summed E-state index contributed by atoms with van der Waals surface area (Å²) in [5.74, 6) is 0.00292. The molecule has 3 aromatic rings. The number of amides is 1. The van der Waals surface area contributed by atoms with Gasteiger partial charge in [0.2, 0.25) is 10.0 Å². The van der Waals surface area contributed by atoms with E-state index in [0.29, 0.717) is 21.7 Å². The number of carbonyl (C=O) groups excluding carboxylic acids is 2. The van der Waals surface area contributed by atoms with Crippen LogP contribution in [0.2, 0.25) is 0 Å². The number of fused-ring (bicyclic) bond motifs is 1. The summed E-state index contributed by atoms with van der Waals surface area (Å²) in [7, 11) is -2.38. The number of esters is 1. The normalized spacial score (nSPS) is 12.0. The smallest absolute Gasteiger partial charge is 0.326 e. The summed E-state index contributed by atoms with van der Waals surface area (Å²) in [4.78, 5) is 28.6. The average Bonchev–Trinajstić information content (AvgIpc) is 3.08. The third-order valence-electron chi connectivity index (χ3n) is 4.22. The molecule has 170 valence electrons. The van der Waals surface area contributed by atoms with E-state index in [9.17, 15) is 18.0 Å². The van der Waals surface area contributed by atoms with Gasteiger partial charge in [-0.2, -0.15) is 4.99 Å². The Morgan fingerprint density at radius 2 is 1.81 bits per heavy atom. The summed E-state index contributed by atoms with van der Waals surface area (Å²) < 4.78 is 40.8. The lowest BCUT2D eigenvalue weighted by atomic mass is 10.3. The van der Waals surface area contributed by atoms with Crippen LogP contribution < -0.4 is 19.4 Å². The molecule has 12 heteroatoms. The van der Waals surface area contributed by atoms with E-state index in [-0.39, 0.29) is 29.5 Å². The Hall–Kier alpha value is -3.22. The number of nitrogens with zero attached hydrogens (tertiary/aromatic N) is 2. The summed E-state index contributed by atoms with van der Waals surface area (Å²) in [5.41, 5.74) is 0.512. The van der Waals surface area contributed by atoms with Gasteiger partial charge in [-0.1, -0.05) is 11.3 Å². The molecule has 2 N–H and O–H groups in total. The molecule has 0 spiro atoms. The number of ether oxygens (including phenoxy) is 3. The molecule has 0 radical (unpaired) electrons. The van der Waals surface area contributed by atoms with E-state index in [4.69, 9.17) is 19.3 Å². The molecule has 0 bridgehead atoms. The number of benzene rings is 2. The van der Waals surface area contributed by atoms with Crippen LogP contribution in [0.1, 0.15) is 6.92 Å². The zero-order valence-electron chi connectivity index (χ0n) is 17.3. The minimum absolute atomic E-state index is 0.0877. The third kappa shape index (κ3) is 5.72. The molecule has 0 saturated heterocycles. The lowest BCUT2D eigenvalue weighted by Crippen LogP contribution is -2.24. The molecular weight excluding hydrogens is 458 g/mol. The molecule has 10 nitrogen and oxygen atoms in total. The SMILES string of the molecule is CCOC(=O)Cn1c(=NC(=O)COc2ccc(OC)cc2)sc2cc(S(N)(=O)=O)ccc21. The van der Waals surface area contributed by atoms with Crippen molar-refractivity contribution in [2.24, 2.45) is 10.1 Å². The fraction of sp³-hybridized carbons (Fsp3) is 0.250. The molecule has 3 rings (SSSR count). The zero-order valence-corrected chi connectivity index (χ0v) is 18.9. The van der Waals surface area contributed by atoms with E-state index in [1.54, 1.807) is 38.3 Å². The van der Waals surface area contributed by atoms with Crippen LogP contribution in [0, 0.1) is 0 Å². The van der Waals surface area contributed by atoms with Crippen LogP contribution in [-0.4, -0.2) is 45.2 Å². The quantitative estimate of drug-likeness (QED) is 0.482. The van der Waals surface area contributed by atoms with Crippen LogP contribution in [-0.2, 0) is 30.9 Å². The number of sulfonamides is 1. The standard InChI is InChI=1S/C20H21N3O7S2/c1-3-29-19(25)11-23-16-9-8-15(32(21,26)27)10-17(16)31-20(23)22-18(24)12-30-14-6-4-13(28-2)5-7-14/h4-10H,3,11-12H2,1-2H3,(H2,21,26,27). The summed E-state index contributed by atoms with van der Waals surface area (Å²) in [6, 6.07) is 10.9. The summed E-state index contributed by atoms with van der Waals surface area (Å²) in [5, 5.41) is 5.20. The summed E-state index contributed by atoms with van der Waals surface area (Å²) in [6.07, 6.45) is 0. The van der Waals surface area contributed by atoms with Crippen LogP contribution in [0.15, 0.2) is 52.4 Å². The number of primary sulfonamides is 1. The van der Waals surface area contributed by atoms with Gasteiger partial charge in [-0.3, -0.25) is 9.59 Å². The van der Waals surface area contributed by atoms with Crippen molar-refractivity contribution >= 4 is 43.5 Å². The molecule has 1 aromatic heterocycles. The second-order valence-electron chi connectivity index (χ2n) is 6.42. The Balaban J connectivity index is 1.93. The maximum atomic E-state index is 12.4. The lowest BCUT2D eigenvalue weighted by molar-refractivity contribution is -0.143. The molecule has 0 saturated carbocycles. The first-order chi connectivity index (χ1) is 15.2. The van der Waals surface area contributed by atoms with Crippen molar-refractivity contribution in [3.63, 3.8) is 0 Å². The predicted octanol–water partition coefficient (Wildman–Crippen LogP) is 1.43. The van der Waals surface area contributed by atoms with Crippen LogP contribution in [0.5, 0.6) is 11.5 Å². The number of nitrogens with two attached hydrogens (primary N) is 1. The van der Waals surface area contributed by atoms with E-state index in [1.807, 2.05) is 0 Å². The fourth-order valence-corrected chi connectivity index (χ4v) is 4.46. The Bertz CT molecular complexity index is 1310. The average molecular weight is 480 g/mol. The molecule has 2 aromatic carbocycles. The first-order valence-corrected chi connectivity index (χ1v) is 11.7. The van der Waals surface area contributed by atoms with Crippen LogP contribution in [0.3, 0.4) is 0 Å². The van der Waals surface area contributed by atoms with Crippen molar-refractivity contribution in [2.45, 2.75) is 18.4 Å². The maximum absolute atomic E-state index is 12.4. The monoisotopic (exact) mass is 479 g/mol. The van der Waals surface area contributed by atoms with Gasteiger partial charge in [0.25, 0.3) is 5.91 Å². The fourth-order valence-electron chi connectivity index (χ4n) is 2.76. The highest BCUT2D eigenvalue weighted by Crippen LogP contribution is 2.21. The molecule has 1 amide bonds. The van der Waals surface area contributed by atoms with E-state index in [0.717, 1.165) is 11.3 Å². The first kappa shape index (κ1) is 23.4. The lowest BCUT2D eigenvalue weighted by Gasteiger charge is -2.06. The van der Waals surface area contributed by atoms with Crippen molar-refractivity contribution in [2.75, 3.05) is 20.3 Å². The van der Waals surface area contributed by atoms with Gasteiger partial charge in [0.1, 0.15) is 18.0 Å². The third-order valence-corrected chi connectivity index (χ3v) is 6.17. The van der Waals surface area contributed by atoms with Gasteiger partial charge in [0.05, 0.1) is 28.8 Å². The van der Waals surface area contributed by atoms with Gasteiger partial charge in [0.15, 0.2) is 11.4 Å². The van der Waals surface area contributed by atoms with Crippen molar-refractivity contribution < 1.29 is 32.2 Å². The molecule has 0 fully saturated rings. The van der Waals surface area contributed by atoms with Gasteiger partial charge in [0, 0.05) is 0 Å². The number of hydrogen-bond acceptors (Lipinski definition) is 8. The molecular formula is C20H21N3O7S2. The number of hydrogen-bond donors (Lipinski definition) is 1. The molecule has 0 unspecified atom stereocenters. The Kier molecular flexibility index (Phi) is 7.28. The maximum Gasteiger partial charge on any atom is 0.326 e. The number of carbonyl (C=O) groups is 2. The first-order valence-electron chi connectivity index (χ1n) is 9.37. The van der Waals surface area contributed by atoms with Gasteiger partial charge >= 0.3 is 5.97 Å². The minimum Gasteiger partial charge on any atom is -0.497 e. The Morgan fingerprint density at radius 1 is 1.12 bits per heavy atom. The Labute approximate surface area is 187 Å². The molecule has 0 atom stereocenters. The summed E-state index contributed by atoms with van der Waals surface area (Å²) >= 11 is 1.04. The summed E-state index contributed by atoms with van der Waals surface area (Å²) in [6.45, 7) is 1.34. The highest BCUT2D eigenvalue weighted by molar-refractivity contribution is 7.89. The largest absolute Gasteiger partial charge is 0.497 e. The van der Waals surface area contributed by atoms with Gasteiger partial charge in [-0.15, -0.1) is 0 Å². The van der Waals surface area contributed by atoms with Gasteiger partial charge < -0.3 is 18.8 Å². The van der Waals surface area contributed by atoms with Crippen LogP contribution in [0.25, 0.3) is 10.2 Å². The highest BCUT2D eigenvalue weighted by atomic mass is 32.2. The number of rotatable bonds is 8. The second kappa shape index (κ2) is 9.94. The Morgan fingerprint density at radius 3 is 2.44 bits per heavy atom. The van der Waals surface area contributed by atoms with Crippen molar-refractivity contribution in [1.29, 1.82) is 0 Å². The van der Waals surface area contributed by atoms with Crippen molar-refractivity contribution in [3.05, 3.63) is 47.3 Å². The topological polar surface area (TPSA) is 139 Å². The van der Waals surface area contributed by atoms with E-state index >= 15 is 0 Å². The molecule has 0 aliphatic heterocycles. The molecule has 0 aliphatic carbocycles. The molecule has 0 aliphatic rings. The number of methoxy groups -OCH3 is 1. The van der Waals surface area contributed by atoms with Crippen molar-refractivity contribution in [1.82, 2.24) is 4.57 Å². The molecule has 32 heavy (non-hydrogen) atoms. The van der Waals surface area contributed by atoms with Crippen LogP contribution in [0.4, 0.5) is 0 Å². The highest BCUT2D eigenvalue weighted by Gasteiger charge is 2.15. The van der Waals surface area contributed by atoms with E-state index in [2.05, 4.69) is 4.99 Å². The number of aromatic nitrogens is 1. The van der Waals surface area contributed by atoms with Gasteiger partial charge in [-0.05, 0) is 49.4 Å².